The number of carbonyl (C=O) groups excluding carboxylic acids is 1. The second-order valence-corrected chi connectivity index (χ2v) is 7.49. The quantitative estimate of drug-likeness (QED) is 0.624. The summed E-state index contributed by atoms with van der Waals surface area (Å²) in [6.07, 6.45) is 1.06. The van der Waals surface area contributed by atoms with Crippen molar-refractivity contribution in [3.05, 3.63) is 59.4 Å². The van der Waals surface area contributed by atoms with Gasteiger partial charge in [0.25, 0.3) is 5.91 Å². The smallest absolute Gasteiger partial charge is 0.258 e. The van der Waals surface area contributed by atoms with Crippen molar-refractivity contribution in [1.29, 1.82) is 5.41 Å². The van der Waals surface area contributed by atoms with Crippen molar-refractivity contribution in [3.63, 3.8) is 0 Å². The standard InChI is InChI=1S/C17H16F3N3O3S/c1-10(8-21)9-22-27(25,26)12-3-5-14(18)13(7-12)17(24)23-11-2-4-15(19)16(20)6-11/h2-8,10,21-22H,9H2,1H3,(H,23,24). The Balaban J connectivity index is 2.26. The van der Waals surface area contributed by atoms with Crippen LogP contribution in [0.1, 0.15) is 17.3 Å². The zero-order valence-electron chi connectivity index (χ0n) is 14.1. The molecule has 2 aromatic carbocycles. The molecule has 0 radical (unpaired) electrons. The lowest BCUT2D eigenvalue weighted by molar-refractivity contribution is 0.102. The van der Waals surface area contributed by atoms with Gasteiger partial charge in [0.2, 0.25) is 10.0 Å². The number of hydrogen-bond donors (Lipinski definition) is 3. The highest BCUT2D eigenvalue weighted by Gasteiger charge is 2.20. The molecule has 0 aliphatic rings. The normalized spacial score (nSPS) is 12.4. The number of sulfonamides is 1. The Morgan fingerprint density at radius 3 is 2.41 bits per heavy atom. The molecular weight excluding hydrogens is 383 g/mol. The molecule has 1 unspecified atom stereocenters. The molecule has 2 aromatic rings. The molecule has 0 saturated carbocycles. The molecular formula is C17H16F3N3O3S. The minimum atomic E-state index is -4.03. The van der Waals surface area contributed by atoms with E-state index in [1.807, 2.05) is 0 Å². The van der Waals surface area contributed by atoms with E-state index in [-0.39, 0.29) is 23.0 Å². The largest absolute Gasteiger partial charge is 0.322 e. The van der Waals surface area contributed by atoms with Gasteiger partial charge in [-0.2, -0.15) is 0 Å². The third-order valence-electron chi connectivity index (χ3n) is 3.55. The first-order valence-corrected chi connectivity index (χ1v) is 9.18. The summed E-state index contributed by atoms with van der Waals surface area (Å²) in [6.45, 7) is 1.58. The van der Waals surface area contributed by atoms with Crippen molar-refractivity contribution in [2.75, 3.05) is 11.9 Å². The zero-order chi connectivity index (χ0) is 20.2. The first-order chi connectivity index (χ1) is 12.6. The Labute approximate surface area is 154 Å². The molecule has 0 aromatic heterocycles. The molecule has 0 heterocycles. The highest BCUT2D eigenvalue weighted by Crippen LogP contribution is 2.18. The van der Waals surface area contributed by atoms with E-state index < -0.39 is 38.9 Å². The van der Waals surface area contributed by atoms with Crippen LogP contribution in [0.25, 0.3) is 0 Å². The van der Waals surface area contributed by atoms with Crippen LogP contribution in [-0.4, -0.2) is 27.1 Å². The van der Waals surface area contributed by atoms with Crippen molar-refractivity contribution in [2.24, 2.45) is 5.92 Å². The van der Waals surface area contributed by atoms with Crippen LogP contribution in [0.15, 0.2) is 41.3 Å². The van der Waals surface area contributed by atoms with Gasteiger partial charge in [-0.3, -0.25) is 4.79 Å². The molecule has 0 bridgehead atoms. The predicted octanol–water partition coefficient (Wildman–Crippen LogP) is 2.92. The van der Waals surface area contributed by atoms with E-state index in [2.05, 4.69) is 10.0 Å². The van der Waals surface area contributed by atoms with E-state index in [4.69, 9.17) is 5.41 Å². The summed E-state index contributed by atoms with van der Waals surface area (Å²) >= 11 is 0. The van der Waals surface area contributed by atoms with Crippen LogP contribution in [0.4, 0.5) is 18.9 Å². The van der Waals surface area contributed by atoms with E-state index in [1.54, 1.807) is 6.92 Å². The monoisotopic (exact) mass is 399 g/mol. The van der Waals surface area contributed by atoms with Gasteiger partial charge in [-0.15, -0.1) is 0 Å². The maximum Gasteiger partial charge on any atom is 0.258 e. The summed E-state index contributed by atoms with van der Waals surface area (Å²) in [7, 11) is -4.03. The fraction of sp³-hybridized carbons (Fsp3) is 0.176. The molecule has 0 aliphatic carbocycles. The molecule has 0 aliphatic heterocycles. The van der Waals surface area contributed by atoms with Gasteiger partial charge >= 0.3 is 0 Å². The average Bonchev–Trinajstić information content (AvgIpc) is 2.62. The number of benzene rings is 2. The highest BCUT2D eigenvalue weighted by molar-refractivity contribution is 7.89. The van der Waals surface area contributed by atoms with Crippen molar-refractivity contribution >= 4 is 27.8 Å². The molecule has 1 atom stereocenters. The summed E-state index contributed by atoms with van der Waals surface area (Å²) in [5, 5.41) is 9.24. The minimum Gasteiger partial charge on any atom is -0.322 e. The maximum atomic E-state index is 14.0. The number of rotatable bonds is 7. The number of hydrogen-bond acceptors (Lipinski definition) is 4. The summed E-state index contributed by atoms with van der Waals surface area (Å²) in [6, 6.07) is 5.22. The minimum absolute atomic E-state index is 0.0421. The molecule has 2 rings (SSSR count). The Morgan fingerprint density at radius 2 is 1.78 bits per heavy atom. The van der Waals surface area contributed by atoms with E-state index in [1.165, 1.54) is 0 Å². The van der Waals surface area contributed by atoms with Crippen molar-refractivity contribution < 1.29 is 26.4 Å². The predicted molar refractivity (Wildman–Crippen MR) is 93.8 cm³/mol. The van der Waals surface area contributed by atoms with Gasteiger partial charge < -0.3 is 10.7 Å². The second-order valence-electron chi connectivity index (χ2n) is 5.72. The summed E-state index contributed by atoms with van der Waals surface area (Å²) in [5.74, 6) is -4.67. The fourth-order valence-corrected chi connectivity index (χ4v) is 3.17. The van der Waals surface area contributed by atoms with E-state index >= 15 is 0 Å². The Hall–Kier alpha value is -2.72. The first kappa shape index (κ1) is 20.6. The van der Waals surface area contributed by atoms with Crippen molar-refractivity contribution in [1.82, 2.24) is 4.72 Å². The van der Waals surface area contributed by atoms with Crippen LogP contribution >= 0.6 is 0 Å². The molecule has 1 amide bonds. The Kier molecular flexibility index (Phi) is 6.34. The van der Waals surface area contributed by atoms with Gasteiger partial charge in [-0.05, 0) is 36.5 Å². The maximum absolute atomic E-state index is 14.0. The van der Waals surface area contributed by atoms with Crippen LogP contribution in [0.3, 0.4) is 0 Å². The first-order valence-electron chi connectivity index (χ1n) is 7.70. The highest BCUT2D eigenvalue weighted by atomic mass is 32.2. The van der Waals surface area contributed by atoms with Gasteiger partial charge in [-0.1, -0.05) is 6.92 Å². The number of nitrogens with one attached hydrogen (secondary N) is 3. The molecule has 0 spiro atoms. The Bertz CT molecular complexity index is 981. The van der Waals surface area contributed by atoms with Crippen molar-refractivity contribution in [2.45, 2.75) is 11.8 Å². The molecule has 0 fully saturated rings. The van der Waals surface area contributed by atoms with Crippen LogP contribution in [-0.2, 0) is 10.0 Å². The lowest BCUT2D eigenvalue weighted by Crippen LogP contribution is -2.29. The lowest BCUT2D eigenvalue weighted by atomic mass is 10.2. The third-order valence-corrected chi connectivity index (χ3v) is 4.97. The number of anilines is 1. The molecule has 27 heavy (non-hydrogen) atoms. The van der Waals surface area contributed by atoms with Crippen LogP contribution in [0.5, 0.6) is 0 Å². The molecule has 10 heteroatoms. The summed E-state index contributed by atoms with van der Waals surface area (Å²) in [5.41, 5.74) is -0.702. The molecule has 3 N–H and O–H groups in total. The summed E-state index contributed by atoms with van der Waals surface area (Å²) in [4.78, 5) is 11.9. The second kappa shape index (κ2) is 8.31. The summed E-state index contributed by atoms with van der Waals surface area (Å²) < 4.78 is 66.9. The van der Waals surface area contributed by atoms with Crippen molar-refractivity contribution in [3.8, 4) is 0 Å². The van der Waals surface area contributed by atoms with E-state index in [9.17, 15) is 26.4 Å². The third kappa shape index (κ3) is 5.14. The lowest BCUT2D eigenvalue weighted by Gasteiger charge is -2.11. The van der Waals surface area contributed by atoms with Crippen LogP contribution in [0, 0.1) is 28.8 Å². The van der Waals surface area contributed by atoms with Gasteiger partial charge in [0, 0.05) is 24.2 Å². The molecule has 144 valence electrons. The fourth-order valence-electron chi connectivity index (χ4n) is 2.00. The van der Waals surface area contributed by atoms with Gasteiger partial charge in [0.05, 0.1) is 10.5 Å². The van der Waals surface area contributed by atoms with E-state index in [0.29, 0.717) is 6.07 Å². The Morgan fingerprint density at radius 1 is 1.11 bits per heavy atom. The van der Waals surface area contributed by atoms with Crippen LogP contribution in [0.2, 0.25) is 0 Å². The van der Waals surface area contributed by atoms with Crippen LogP contribution < -0.4 is 10.0 Å². The van der Waals surface area contributed by atoms with Gasteiger partial charge in [0.1, 0.15) is 5.82 Å². The topological polar surface area (TPSA) is 99.1 Å². The SMILES string of the molecule is CC(C=N)CNS(=O)(=O)c1ccc(F)c(C(=O)Nc2ccc(F)c(F)c2)c1. The van der Waals surface area contributed by atoms with E-state index in [0.717, 1.165) is 36.5 Å². The van der Waals surface area contributed by atoms with Gasteiger partial charge in [0.15, 0.2) is 11.6 Å². The average molecular weight is 399 g/mol. The van der Waals surface area contributed by atoms with Gasteiger partial charge in [-0.25, -0.2) is 26.3 Å². The molecule has 0 saturated heterocycles. The molecule has 6 nitrogen and oxygen atoms in total. The number of amides is 1. The number of halogens is 3. The zero-order valence-corrected chi connectivity index (χ0v) is 14.9. The number of carbonyl (C=O) groups is 1.